The number of aromatic nitrogens is 1. The highest BCUT2D eigenvalue weighted by atomic mass is 35.5. The smallest absolute Gasteiger partial charge is 0.393 e. The van der Waals surface area contributed by atoms with Gasteiger partial charge < -0.3 is 14.3 Å². The van der Waals surface area contributed by atoms with Gasteiger partial charge in [-0.1, -0.05) is 23.7 Å². The Morgan fingerprint density at radius 3 is 2.62 bits per heavy atom. The minimum Gasteiger partial charge on any atom is -0.481 e. The molecule has 0 amide bonds. The van der Waals surface area contributed by atoms with Crippen LogP contribution in [0.4, 0.5) is 0 Å². The molecule has 1 N–H and O–H groups in total. The maximum atomic E-state index is 11.1. The van der Waals surface area contributed by atoms with E-state index in [1.165, 1.54) is 6.20 Å². The lowest BCUT2D eigenvalue weighted by Crippen LogP contribution is -2.07. The minimum absolute atomic E-state index is 0.0649. The van der Waals surface area contributed by atoms with Crippen LogP contribution in [0, 0.1) is 0 Å². The van der Waals surface area contributed by atoms with Gasteiger partial charge in [0, 0.05) is 5.02 Å². The molecule has 5 nitrogen and oxygen atoms in total. The summed E-state index contributed by atoms with van der Waals surface area (Å²) in [5, 5.41) is 9.69. The van der Waals surface area contributed by atoms with Crippen molar-refractivity contribution in [3.05, 3.63) is 46.8 Å². The molecule has 0 saturated carbocycles. The summed E-state index contributed by atoms with van der Waals surface area (Å²) >= 11 is 5.86. The number of oxazole rings is 1. The fourth-order valence-electron chi connectivity index (χ4n) is 1.94. The van der Waals surface area contributed by atoms with E-state index in [4.69, 9.17) is 25.9 Å². The molecule has 21 heavy (non-hydrogen) atoms. The molecule has 2 aromatic rings. The Labute approximate surface area is 127 Å². The summed E-state index contributed by atoms with van der Waals surface area (Å²) in [6, 6.07) is 6.99. The first kappa shape index (κ1) is 15.4. The van der Waals surface area contributed by atoms with E-state index in [0.717, 1.165) is 5.56 Å². The van der Waals surface area contributed by atoms with Crippen molar-refractivity contribution in [1.29, 1.82) is 0 Å². The molecule has 1 aromatic heterocycles. The molecule has 0 aliphatic heterocycles. The number of ether oxygens (including phenoxy) is 1. The highest BCUT2D eigenvalue weighted by Crippen LogP contribution is 2.31. The second-order valence-corrected chi connectivity index (χ2v) is 5.33. The molecule has 6 heteroatoms. The predicted molar refractivity (Wildman–Crippen MR) is 77.8 cm³/mol. The van der Waals surface area contributed by atoms with E-state index in [0.29, 0.717) is 10.8 Å². The zero-order valence-electron chi connectivity index (χ0n) is 11.7. The van der Waals surface area contributed by atoms with Crippen molar-refractivity contribution in [3.8, 4) is 6.08 Å². The first-order valence-corrected chi connectivity index (χ1v) is 6.93. The van der Waals surface area contributed by atoms with Crippen LogP contribution in [0.3, 0.4) is 0 Å². The molecule has 0 fully saturated rings. The molecule has 1 unspecified atom stereocenters. The lowest BCUT2D eigenvalue weighted by molar-refractivity contribution is -0.137. The average Bonchev–Trinajstić information content (AvgIpc) is 2.84. The van der Waals surface area contributed by atoms with E-state index in [2.05, 4.69) is 4.98 Å². The molecular formula is C15H16ClNO4. The Morgan fingerprint density at radius 2 is 2.05 bits per heavy atom. The van der Waals surface area contributed by atoms with Gasteiger partial charge in [-0.3, -0.25) is 4.79 Å². The summed E-state index contributed by atoms with van der Waals surface area (Å²) in [6.45, 7) is 3.72. The number of rotatable bonds is 6. The summed E-state index contributed by atoms with van der Waals surface area (Å²) < 4.78 is 10.9. The van der Waals surface area contributed by atoms with Gasteiger partial charge in [0.1, 0.15) is 5.76 Å². The number of carboxylic acid groups (broad SMARTS) is 1. The SMILES string of the molecule is CC(C)Oc1ncc(C(CC(=O)O)c2ccc(Cl)cc2)o1. The third-order valence-electron chi connectivity index (χ3n) is 2.83. The van der Waals surface area contributed by atoms with Crippen molar-refractivity contribution in [2.45, 2.75) is 32.3 Å². The van der Waals surface area contributed by atoms with E-state index in [9.17, 15) is 4.79 Å². The molecule has 0 radical (unpaired) electrons. The van der Waals surface area contributed by atoms with Crippen LogP contribution in [0.25, 0.3) is 0 Å². The van der Waals surface area contributed by atoms with Gasteiger partial charge >= 0.3 is 12.0 Å². The third-order valence-corrected chi connectivity index (χ3v) is 3.09. The minimum atomic E-state index is -0.919. The average molecular weight is 310 g/mol. The molecule has 1 aromatic carbocycles. The number of carbonyl (C=O) groups is 1. The second-order valence-electron chi connectivity index (χ2n) is 4.90. The lowest BCUT2D eigenvalue weighted by atomic mass is 9.94. The number of nitrogens with zero attached hydrogens (tertiary/aromatic N) is 1. The highest BCUT2D eigenvalue weighted by molar-refractivity contribution is 6.30. The van der Waals surface area contributed by atoms with E-state index in [1.807, 2.05) is 13.8 Å². The molecule has 112 valence electrons. The largest absolute Gasteiger partial charge is 0.481 e. The van der Waals surface area contributed by atoms with E-state index < -0.39 is 11.9 Å². The summed E-state index contributed by atoms with van der Waals surface area (Å²) in [5.74, 6) is -0.898. The van der Waals surface area contributed by atoms with Crippen LogP contribution < -0.4 is 4.74 Å². The van der Waals surface area contributed by atoms with E-state index >= 15 is 0 Å². The number of aliphatic carboxylic acids is 1. The molecule has 0 aliphatic carbocycles. The fourth-order valence-corrected chi connectivity index (χ4v) is 2.07. The first-order chi connectivity index (χ1) is 9.95. The summed E-state index contributed by atoms with van der Waals surface area (Å²) in [4.78, 5) is 15.1. The quantitative estimate of drug-likeness (QED) is 0.880. The van der Waals surface area contributed by atoms with Crippen molar-refractivity contribution in [2.75, 3.05) is 0 Å². The molecule has 1 atom stereocenters. The van der Waals surface area contributed by atoms with Crippen LogP contribution >= 0.6 is 11.6 Å². The number of carboxylic acids is 1. The zero-order valence-corrected chi connectivity index (χ0v) is 12.5. The van der Waals surface area contributed by atoms with Crippen molar-refractivity contribution in [3.63, 3.8) is 0 Å². The molecule has 2 rings (SSSR count). The molecule has 0 aliphatic rings. The van der Waals surface area contributed by atoms with Gasteiger partial charge in [0.15, 0.2) is 0 Å². The Bertz CT molecular complexity index is 606. The zero-order chi connectivity index (χ0) is 15.4. The van der Waals surface area contributed by atoms with Crippen molar-refractivity contribution in [2.24, 2.45) is 0 Å². The van der Waals surface area contributed by atoms with Gasteiger partial charge in [0.05, 0.1) is 24.6 Å². The second kappa shape index (κ2) is 6.63. The number of hydrogen-bond acceptors (Lipinski definition) is 4. The standard InChI is InChI=1S/C15H16ClNO4/c1-9(2)20-15-17-8-13(21-15)12(7-14(18)19)10-3-5-11(16)6-4-10/h3-6,8-9,12H,7H2,1-2H3,(H,18,19). The van der Waals surface area contributed by atoms with Gasteiger partial charge in [-0.15, -0.1) is 0 Å². The summed E-state index contributed by atoms with van der Waals surface area (Å²) in [7, 11) is 0. The first-order valence-electron chi connectivity index (χ1n) is 6.55. The number of halogens is 1. The molecular weight excluding hydrogens is 294 g/mol. The van der Waals surface area contributed by atoms with Crippen LogP contribution in [-0.2, 0) is 4.79 Å². The summed E-state index contributed by atoms with van der Waals surface area (Å²) in [5.41, 5.74) is 0.800. The molecule has 0 spiro atoms. The normalized spacial score (nSPS) is 12.4. The predicted octanol–water partition coefficient (Wildman–Crippen LogP) is 3.72. The monoisotopic (exact) mass is 309 g/mol. The Hall–Kier alpha value is -2.01. The molecule has 0 saturated heterocycles. The highest BCUT2D eigenvalue weighted by Gasteiger charge is 2.22. The Morgan fingerprint density at radius 1 is 1.38 bits per heavy atom. The van der Waals surface area contributed by atoms with Crippen molar-refractivity contribution in [1.82, 2.24) is 4.98 Å². The molecule has 1 heterocycles. The van der Waals surface area contributed by atoms with Crippen LogP contribution in [0.1, 0.15) is 37.5 Å². The van der Waals surface area contributed by atoms with Crippen LogP contribution in [0.15, 0.2) is 34.9 Å². The molecule has 0 bridgehead atoms. The maximum Gasteiger partial charge on any atom is 0.393 e. The topological polar surface area (TPSA) is 72.6 Å². The van der Waals surface area contributed by atoms with Gasteiger partial charge in [-0.2, -0.15) is 4.98 Å². The summed E-state index contributed by atoms with van der Waals surface area (Å²) in [6.07, 6.45) is 1.48. The lowest BCUT2D eigenvalue weighted by Gasteiger charge is -2.12. The Balaban J connectivity index is 2.29. The van der Waals surface area contributed by atoms with Crippen molar-refractivity contribution >= 4 is 17.6 Å². The van der Waals surface area contributed by atoms with Crippen LogP contribution in [-0.4, -0.2) is 22.2 Å². The van der Waals surface area contributed by atoms with Gasteiger partial charge in [-0.05, 0) is 31.5 Å². The fraction of sp³-hybridized carbons (Fsp3) is 0.333. The Kier molecular flexibility index (Phi) is 4.85. The van der Waals surface area contributed by atoms with E-state index in [-0.39, 0.29) is 18.6 Å². The maximum absolute atomic E-state index is 11.1. The van der Waals surface area contributed by atoms with E-state index in [1.54, 1.807) is 24.3 Å². The number of benzene rings is 1. The van der Waals surface area contributed by atoms with Gasteiger partial charge in [0.25, 0.3) is 0 Å². The van der Waals surface area contributed by atoms with Crippen molar-refractivity contribution < 1.29 is 19.1 Å². The van der Waals surface area contributed by atoms with Gasteiger partial charge in [-0.25, -0.2) is 0 Å². The van der Waals surface area contributed by atoms with Crippen LogP contribution in [0.5, 0.6) is 6.08 Å². The van der Waals surface area contributed by atoms with Crippen LogP contribution in [0.2, 0.25) is 5.02 Å². The van der Waals surface area contributed by atoms with Gasteiger partial charge in [0.2, 0.25) is 0 Å². The number of hydrogen-bond donors (Lipinski definition) is 1. The third kappa shape index (κ3) is 4.23.